The second-order valence-electron chi connectivity index (χ2n) is 7.78. The number of nitrogens with zero attached hydrogens (tertiary/aromatic N) is 2. The van der Waals surface area contributed by atoms with Gasteiger partial charge in [-0.15, -0.1) is 0 Å². The van der Waals surface area contributed by atoms with Gasteiger partial charge in [-0.3, -0.25) is 19.3 Å². The van der Waals surface area contributed by atoms with Crippen LogP contribution in [0.5, 0.6) is 0 Å². The maximum Gasteiger partial charge on any atom is 0.261 e. The van der Waals surface area contributed by atoms with Crippen LogP contribution in [0.2, 0.25) is 0 Å². The quantitative estimate of drug-likeness (QED) is 0.779. The lowest BCUT2D eigenvalue weighted by Crippen LogP contribution is -2.36. The predicted octanol–water partition coefficient (Wildman–Crippen LogP) is 3.63. The van der Waals surface area contributed by atoms with Gasteiger partial charge in [-0.05, 0) is 29.2 Å². The number of benzene rings is 2. The van der Waals surface area contributed by atoms with Crippen molar-refractivity contribution in [2.45, 2.75) is 32.6 Å². The van der Waals surface area contributed by atoms with Crippen molar-refractivity contribution >= 4 is 23.4 Å². The summed E-state index contributed by atoms with van der Waals surface area (Å²) in [5, 5.41) is 0. The number of para-hydroxylation sites is 1. The number of amides is 3. The van der Waals surface area contributed by atoms with Crippen molar-refractivity contribution in [3.63, 3.8) is 0 Å². The molecule has 0 saturated carbocycles. The van der Waals surface area contributed by atoms with Crippen LogP contribution in [-0.2, 0) is 10.2 Å². The van der Waals surface area contributed by atoms with E-state index in [0.717, 1.165) is 16.2 Å². The zero-order valence-electron chi connectivity index (χ0n) is 16.2. The number of carbonyl (C=O) groups is 3. The van der Waals surface area contributed by atoms with Gasteiger partial charge in [0, 0.05) is 25.7 Å². The van der Waals surface area contributed by atoms with E-state index in [1.54, 1.807) is 36.2 Å². The third-order valence-electron chi connectivity index (χ3n) is 4.87. The van der Waals surface area contributed by atoms with Crippen LogP contribution >= 0.6 is 0 Å². The lowest BCUT2D eigenvalue weighted by molar-refractivity contribution is -0.118. The van der Waals surface area contributed by atoms with Crippen molar-refractivity contribution in [3.05, 3.63) is 65.2 Å². The molecule has 0 spiro atoms. The molecule has 3 rings (SSSR count). The van der Waals surface area contributed by atoms with E-state index in [1.165, 1.54) is 0 Å². The molecule has 2 aromatic rings. The molecule has 2 aromatic carbocycles. The minimum atomic E-state index is -0.332. The largest absolute Gasteiger partial charge is 0.315 e. The fraction of sp³-hybridized carbons (Fsp3) is 0.318. The first-order valence-corrected chi connectivity index (χ1v) is 9.03. The van der Waals surface area contributed by atoms with Crippen LogP contribution in [0.15, 0.2) is 48.5 Å². The van der Waals surface area contributed by atoms with Crippen LogP contribution < -0.4 is 4.90 Å². The zero-order valence-corrected chi connectivity index (χ0v) is 16.2. The Morgan fingerprint density at radius 2 is 1.44 bits per heavy atom. The molecule has 0 N–H and O–H groups in total. The standard InChI is InChI=1S/C22H24N2O3/c1-22(2,3)17-11-7-8-12-18(17)23(4)19(25)13-14-24-20(26)15-9-5-6-10-16(15)21(24)27/h5-12H,13-14H2,1-4H3. The molecule has 0 bridgehead atoms. The van der Waals surface area contributed by atoms with E-state index in [9.17, 15) is 14.4 Å². The minimum Gasteiger partial charge on any atom is -0.315 e. The molecule has 0 fully saturated rings. The first kappa shape index (κ1) is 18.8. The van der Waals surface area contributed by atoms with Gasteiger partial charge in [0.05, 0.1) is 11.1 Å². The summed E-state index contributed by atoms with van der Waals surface area (Å²) in [5.74, 6) is -0.800. The molecule has 1 aliphatic heterocycles. The van der Waals surface area contributed by atoms with Gasteiger partial charge in [-0.1, -0.05) is 51.1 Å². The second kappa shape index (κ2) is 6.99. The number of hydrogen-bond donors (Lipinski definition) is 0. The van der Waals surface area contributed by atoms with Crippen molar-refractivity contribution in [1.82, 2.24) is 4.90 Å². The summed E-state index contributed by atoms with van der Waals surface area (Å²) in [5.41, 5.74) is 2.62. The average molecular weight is 364 g/mol. The van der Waals surface area contributed by atoms with Crippen LogP contribution in [0.1, 0.15) is 53.5 Å². The minimum absolute atomic E-state index is 0.0766. The van der Waals surface area contributed by atoms with Gasteiger partial charge in [0.2, 0.25) is 5.91 Å². The Morgan fingerprint density at radius 1 is 0.926 bits per heavy atom. The lowest BCUT2D eigenvalue weighted by Gasteiger charge is -2.28. The Morgan fingerprint density at radius 3 is 2.00 bits per heavy atom. The van der Waals surface area contributed by atoms with Gasteiger partial charge >= 0.3 is 0 Å². The maximum absolute atomic E-state index is 12.7. The van der Waals surface area contributed by atoms with Gasteiger partial charge in [0.1, 0.15) is 0 Å². The highest BCUT2D eigenvalue weighted by molar-refractivity contribution is 6.21. The third-order valence-corrected chi connectivity index (χ3v) is 4.87. The molecule has 27 heavy (non-hydrogen) atoms. The lowest BCUT2D eigenvalue weighted by atomic mass is 9.85. The highest BCUT2D eigenvalue weighted by atomic mass is 16.2. The van der Waals surface area contributed by atoms with E-state index in [0.29, 0.717) is 11.1 Å². The summed E-state index contributed by atoms with van der Waals surface area (Å²) >= 11 is 0. The van der Waals surface area contributed by atoms with Crippen molar-refractivity contribution in [2.75, 3.05) is 18.5 Å². The van der Waals surface area contributed by atoms with E-state index in [-0.39, 0.29) is 36.1 Å². The number of hydrogen-bond acceptors (Lipinski definition) is 3. The number of carbonyl (C=O) groups excluding carboxylic acids is 3. The Hall–Kier alpha value is -2.95. The second-order valence-corrected chi connectivity index (χ2v) is 7.78. The van der Waals surface area contributed by atoms with Crippen molar-refractivity contribution in [3.8, 4) is 0 Å². The van der Waals surface area contributed by atoms with Gasteiger partial charge in [-0.2, -0.15) is 0 Å². The normalized spacial score (nSPS) is 13.7. The summed E-state index contributed by atoms with van der Waals surface area (Å²) in [7, 11) is 1.73. The van der Waals surface area contributed by atoms with Gasteiger partial charge in [0.25, 0.3) is 11.8 Å². The monoisotopic (exact) mass is 364 g/mol. The maximum atomic E-state index is 12.7. The number of imide groups is 1. The third kappa shape index (κ3) is 3.50. The highest BCUT2D eigenvalue weighted by Gasteiger charge is 2.35. The zero-order chi connectivity index (χ0) is 19.8. The molecule has 0 aliphatic carbocycles. The Bertz CT molecular complexity index is 877. The van der Waals surface area contributed by atoms with Gasteiger partial charge < -0.3 is 4.90 Å². The average Bonchev–Trinajstić information content (AvgIpc) is 2.89. The summed E-state index contributed by atoms with van der Waals surface area (Å²) in [4.78, 5) is 40.4. The number of rotatable bonds is 4. The molecule has 1 heterocycles. The van der Waals surface area contributed by atoms with E-state index in [1.807, 2.05) is 24.3 Å². The Balaban J connectivity index is 1.73. The Kier molecular flexibility index (Phi) is 4.87. The van der Waals surface area contributed by atoms with Crippen LogP contribution in [0.25, 0.3) is 0 Å². The fourth-order valence-corrected chi connectivity index (χ4v) is 3.35. The molecule has 0 saturated heterocycles. The molecular weight excluding hydrogens is 340 g/mol. The molecular formula is C22H24N2O3. The molecule has 0 atom stereocenters. The van der Waals surface area contributed by atoms with E-state index in [4.69, 9.17) is 0 Å². The molecule has 0 unspecified atom stereocenters. The van der Waals surface area contributed by atoms with E-state index >= 15 is 0 Å². The van der Waals surface area contributed by atoms with E-state index < -0.39 is 0 Å². The summed E-state index contributed by atoms with van der Waals surface area (Å²) in [6, 6.07) is 14.5. The molecule has 1 aliphatic rings. The molecule has 5 nitrogen and oxygen atoms in total. The molecule has 0 radical (unpaired) electrons. The first-order chi connectivity index (χ1) is 12.7. The molecule has 5 heteroatoms. The SMILES string of the molecule is CN(C(=O)CCN1C(=O)c2ccccc2C1=O)c1ccccc1C(C)(C)C. The van der Waals surface area contributed by atoms with Gasteiger partial charge in [-0.25, -0.2) is 0 Å². The van der Waals surface area contributed by atoms with Crippen molar-refractivity contribution in [1.29, 1.82) is 0 Å². The van der Waals surface area contributed by atoms with E-state index in [2.05, 4.69) is 20.8 Å². The summed E-state index contributed by atoms with van der Waals surface area (Å²) in [6.07, 6.45) is 0.0838. The fourth-order valence-electron chi connectivity index (χ4n) is 3.35. The topological polar surface area (TPSA) is 57.7 Å². The van der Waals surface area contributed by atoms with Crippen molar-refractivity contribution in [2.24, 2.45) is 0 Å². The number of fused-ring (bicyclic) bond motifs is 1. The van der Waals surface area contributed by atoms with Crippen LogP contribution in [0.3, 0.4) is 0 Å². The predicted molar refractivity (Wildman–Crippen MR) is 105 cm³/mol. The highest BCUT2D eigenvalue weighted by Crippen LogP contribution is 2.31. The first-order valence-electron chi connectivity index (χ1n) is 9.03. The van der Waals surface area contributed by atoms with Crippen LogP contribution in [0.4, 0.5) is 5.69 Å². The van der Waals surface area contributed by atoms with Gasteiger partial charge in [0.15, 0.2) is 0 Å². The smallest absolute Gasteiger partial charge is 0.261 e. The molecule has 3 amide bonds. The van der Waals surface area contributed by atoms with Crippen molar-refractivity contribution < 1.29 is 14.4 Å². The van der Waals surface area contributed by atoms with Crippen LogP contribution in [-0.4, -0.2) is 36.2 Å². The number of anilines is 1. The molecule has 0 aromatic heterocycles. The Labute approximate surface area is 159 Å². The van der Waals surface area contributed by atoms with Crippen LogP contribution in [0, 0.1) is 0 Å². The molecule has 140 valence electrons. The summed E-state index contributed by atoms with van der Waals surface area (Å²) in [6.45, 7) is 6.38. The summed E-state index contributed by atoms with van der Waals surface area (Å²) < 4.78 is 0.